The van der Waals surface area contributed by atoms with Gasteiger partial charge in [-0.2, -0.15) is 0 Å². The normalized spacial score (nSPS) is 19.7. The van der Waals surface area contributed by atoms with Gasteiger partial charge in [-0.15, -0.1) is 0 Å². The summed E-state index contributed by atoms with van der Waals surface area (Å²) >= 11 is 0. The highest BCUT2D eigenvalue weighted by Crippen LogP contribution is 2.37. The summed E-state index contributed by atoms with van der Waals surface area (Å²) in [6.07, 6.45) is 2.38. The molecule has 1 aliphatic heterocycles. The van der Waals surface area contributed by atoms with Crippen LogP contribution in [-0.2, 0) is 14.0 Å². The van der Waals surface area contributed by atoms with Crippen molar-refractivity contribution in [1.29, 1.82) is 0 Å². The quantitative estimate of drug-likeness (QED) is 0.498. The lowest BCUT2D eigenvalue weighted by Crippen LogP contribution is -2.67. The number of rotatable bonds is 7. The molecule has 32 heavy (non-hydrogen) atoms. The number of esters is 1. The molecular formula is C27H39NO3Si. The van der Waals surface area contributed by atoms with E-state index in [1.807, 2.05) is 20.8 Å². The molecule has 2 aromatic rings. The van der Waals surface area contributed by atoms with Gasteiger partial charge in [0.2, 0.25) is 0 Å². The number of carbonyl (C=O) groups excluding carboxylic acids is 1. The van der Waals surface area contributed by atoms with Gasteiger partial charge in [-0.05, 0) is 49.0 Å². The molecule has 0 aliphatic carbocycles. The zero-order chi connectivity index (χ0) is 23.4. The van der Waals surface area contributed by atoms with E-state index in [1.165, 1.54) is 10.4 Å². The molecule has 0 spiro atoms. The van der Waals surface area contributed by atoms with Crippen LogP contribution < -0.4 is 15.7 Å². The van der Waals surface area contributed by atoms with Crippen molar-refractivity contribution >= 4 is 24.7 Å². The number of hydrogen-bond donors (Lipinski definition) is 1. The topological polar surface area (TPSA) is 47.6 Å². The van der Waals surface area contributed by atoms with Crippen molar-refractivity contribution in [2.45, 2.75) is 83.5 Å². The SMILES string of the molecule is CC(C)(C)OC(=O)C[C@H]1CC[C@H](CO[Si](c2ccccc2)(c2ccccc2)C(C)(C)C)N1. The van der Waals surface area contributed by atoms with Crippen LogP contribution >= 0.6 is 0 Å². The first kappa shape index (κ1) is 24.7. The van der Waals surface area contributed by atoms with Gasteiger partial charge in [-0.3, -0.25) is 4.79 Å². The standard InChI is InChI=1S/C27H39NO3Si/c1-26(2,3)31-25(29)19-21-17-18-22(28-21)20-30-32(27(4,5)6,23-13-9-7-10-14-23)24-15-11-8-12-16-24/h7-16,21-22,28H,17-20H2,1-6H3/t21-,22-/m1/s1. The Morgan fingerprint density at radius 2 is 1.38 bits per heavy atom. The molecule has 0 unspecified atom stereocenters. The maximum atomic E-state index is 12.3. The average molecular weight is 454 g/mol. The summed E-state index contributed by atoms with van der Waals surface area (Å²) < 4.78 is 12.6. The third-order valence-corrected chi connectivity index (χ3v) is 11.1. The van der Waals surface area contributed by atoms with Crippen LogP contribution in [-0.4, -0.2) is 38.6 Å². The summed E-state index contributed by atoms with van der Waals surface area (Å²) in [6, 6.07) is 21.8. The van der Waals surface area contributed by atoms with Crippen molar-refractivity contribution in [3.63, 3.8) is 0 Å². The second-order valence-corrected chi connectivity index (χ2v) is 15.2. The van der Waals surface area contributed by atoms with Gasteiger partial charge in [0.15, 0.2) is 0 Å². The lowest BCUT2D eigenvalue weighted by atomic mass is 10.1. The predicted molar refractivity (Wildman–Crippen MR) is 134 cm³/mol. The maximum Gasteiger partial charge on any atom is 0.307 e. The Labute approximate surface area is 194 Å². The zero-order valence-corrected chi connectivity index (χ0v) is 21.5. The Morgan fingerprint density at radius 3 is 1.84 bits per heavy atom. The molecule has 3 rings (SSSR count). The Bertz CT molecular complexity index is 832. The predicted octanol–water partition coefficient (Wildman–Crippen LogP) is 4.42. The minimum absolute atomic E-state index is 0.0375. The number of nitrogens with one attached hydrogen (secondary N) is 1. The summed E-state index contributed by atoms with van der Waals surface area (Å²) in [4.78, 5) is 12.3. The van der Waals surface area contributed by atoms with Crippen LogP contribution in [0.5, 0.6) is 0 Å². The van der Waals surface area contributed by atoms with Crippen molar-refractivity contribution in [3.05, 3.63) is 60.7 Å². The van der Waals surface area contributed by atoms with E-state index in [4.69, 9.17) is 9.16 Å². The van der Waals surface area contributed by atoms with Crippen LogP contribution in [0.2, 0.25) is 5.04 Å². The van der Waals surface area contributed by atoms with Gasteiger partial charge >= 0.3 is 5.97 Å². The van der Waals surface area contributed by atoms with E-state index < -0.39 is 13.9 Å². The lowest BCUT2D eigenvalue weighted by molar-refractivity contribution is -0.155. The zero-order valence-electron chi connectivity index (χ0n) is 20.5. The van der Waals surface area contributed by atoms with Gasteiger partial charge in [0.25, 0.3) is 8.32 Å². The van der Waals surface area contributed by atoms with Crippen LogP contribution in [0.15, 0.2) is 60.7 Å². The largest absolute Gasteiger partial charge is 0.460 e. The highest BCUT2D eigenvalue weighted by atomic mass is 28.4. The minimum Gasteiger partial charge on any atom is -0.460 e. The van der Waals surface area contributed by atoms with Gasteiger partial charge in [-0.1, -0.05) is 81.4 Å². The van der Waals surface area contributed by atoms with Gasteiger partial charge in [0.1, 0.15) is 5.60 Å². The summed E-state index contributed by atoms with van der Waals surface area (Å²) in [5.74, 6) is -0.136. The molecule has 1 aliphatic rings. The smallest absolute Gasteiger partial charge is 0.307 e. The second kappa shape index (κ2) is 9.90. The van der Waals surface area contributed by atoms with Gasteiger partial charge in [-0.25, -0.2) is 0 Å². The molecule has 1 fully saturated rings. The number of carbonyl (C=O) groups is 1. The van der Waals surface area contributed by atoms with E-state index in [9.17, 15) is 4.79 Å². The van der Waals surface area contributed by atoms with Gasteiger partial charge in [0.05, 0.1) is 13.0 Å². The third kappa shape index (κ3) is 5.88. The number of hydrogen-bond acceptors (Lipinski definition) is 4. The molecule has 0 radical (unpaired) electrons. The van der Waals surface area contributed by atoms with Crippen molar-refractivity contribution in [3.8, 4) is 0 Å². The van der Waals surface area contributed by atoms with Gasteiger partial charge < -0.3 is 14.5 Å². The maximum absolute atomic E-state index is 12.3. The Balaban J connectivity index is 1.77. The molecule has 1 N–H and O–H groups in total. The van der Waals surface area contributed by atoms with Crippen LogP contribution in [0.1, 0.15) is 60.8 Å². The van der Waals surface area contributed by atoms with E-state index in [0.717, 1.165) is 12.8 Å². The fraction of sp³-hybridized carbons (Fsp3) is 0.519. The first-order valence-corrected chi connectivity index (χ1v) is 13.6. The molecule has 0 saturated carbocycles. The van der Waals surface area contributed by atoms with E-state index in [1.54, 1.807) is 0 Å². The van der Waals surface area contributed by atoms with E-state index >= 15 is 0 Å². The summed E-state index contributed by atoms with van der Waals surface area (Å²) in [5.41, 5.74) is -0.443. The minimum atomic E-state index is -2.53. The highest BCUT2D eigenvalue weighted by Gasteiger charge is 2.50. The summed E-state index contributed by atoms with van der Waals surface area (Å²) in [7, 11) is -2.53. The molecule has 0 aromatic heterocycles. The van der Waals surface area contributed by atoms with Crippen LogP contribution in [0.4, 0.5) is 0 Å². The Kier molecular flexibility index (Phi) is 7.64. The third-order valence-electron chi connectivity index (χ3n) is 6.09. The van der Waals surface area contributed by atoms with Crippen molar-refractivity contribution in [1.82, 2.24) is 5.32 Å². The summed E-state index contributed by atoms with van der Waals surface area (Å²) in [6.45, 7) is 13.3. The lowest BCUT2D eigenvalue weighted by Gasteiger charge is -2.43. The number of benzene rings is 2. The van der Waals surface area contributed by atoms with Crippen molar-refractivity contribution in [2.75, 3.05) is 6.61 Å². The first-order valence-electron chi connectivity index (χ1n) is 11.7. The van der Waals surface area contributed by atoms with Crippen molar-refractivity contribution < 1.29 is 14.0 Å². The molecule has 2 aromatic carbocycles. The molecule has 174 valence electrons. The highest BCUT2D eigenvalue weighted by molar-refractivity contribution is 6.99. The molecule has 4 nitrogen and oxygen atoms in total. The molecule has 0 amide bonds. The number of ether oxygens (including phenoxy) is 1. The molecule has 1 heterocycles. The first-order chi connectivity index (χ1) is 15.0. The van der Waals surface area contributed by atoms with E-state index in [-0.39, 0.29) is 23.1 Å². The fourth-order valence-corrected chi connectivity index (χ4v) is 9.37. The Hall–Kier alpha value is -1.95. The summed E-state index contributed by atoms with van der Waals surface area (Å²) in [5, 5.41) is 6.18. The Morgan fingerprint density at radius 1 is 0.875 bits per heavy atom. The van der Waals surface area contributed by atoms with Crippen molar-refractivity contribution in [2.24, 2.45) is 0 Å². The molecule has 2 atom stereocenters. The molecule has 1 saturated heterocycles. The fourth-order valence-electron chi connectivity index (χ4n) is 4.77. The molecule has 0 bridgehead atoms. The van der Waals surface area contributed by atoms with Crippen LogP contribution in [0.3, 0.4) is 0 Å². The van der Waals surface area contributed by atoms with E-state index in [2.05, 4.69) is 86.8 Å². The molecular weight excluding hydrogens is 414 g/mol. The second-order valence-electron chi connectivity index (χ2n) is 10.9. The van der Waals surface area contributed by atoms with Crippen LogP contribution in [0.25, 0.3) is 0 Å². The van der Waals surface area contributed by atoms with Gasteiger partial charge in [0, 0.05) is 12.1 Å². The monoisotopic (exact) mass is 453 g/mol. The molecule has 5 heteroatoms. The average Bonchev–Trinajstić information content (AvgIpc) is 3.15. The van der Waals surface area contributed by atoms with E-state index in [0.29, 0.717) is 13.0 Å². The van der Waals surface area contributed by atoms with Crippen LogP contribution in [0, 0.1) is 0 Å².